The Hall–Kier alpha value is -0.910. The summed E-state index contributed by atoms with van der Waals surface area (Å²) >= 11 is 0. The highest BCUT2D eigenvalue weighted by atomic mass is 16.4. The van der Waals surface area contributed by atoms with Gasteiger partial charge in [0.15, 0.2) is 0 Å². The van der Waals surface area contributed by atoms with Gasteiger partial charge < -0.3 is 20.4 Å². The van der Waals surface area contributed by atoms with E-state index in [-0.39, 0.29) is 40.1 Å². The molecule has 0 saturated heterocycles. The zero-order valence-corrected chi connectivity index (χ0v) is 22.9. The molecule has 5 rings (SSSR count). The number of hydrogen-bond acceptors (Lipinski definition) is 4. The number of allylic oxidation sites excluding steroid dienone is 2. The summed E-state index contributed by atoms with van der Waals surface area (Å²) in [6, 6.07) is 0. The number of fused-ring (bicyclic) bond motifs is 7. The summed E-state index contributed by atoms with van der Waals surface area (Å²) in [5.41, 5.74) is -1.15. The minimum atomic E-state index is -1.13. The van der Waals surface area contributed by atoms with Gasteiger partial charge in [-0.05, 0) is 90.8 Å². The van der Waals surface area contributed by atoms with Crippen molar-refractivity contribution >= 4 is 5.97 Å². The van der Waals surface area contributed by atoms with E-state index in [0.29, 0.717) is 19.3 Å². The highest BCUT2D eigenvalue weighted by molar-refractivity contribution is 5.77. The van der Waals surface area contributed by atoms with Crippen LogP contribution in [0, 0.1) is 50.2 Å². The molecular formula is C30H48O5. The molecule has 0 aliphatic heterocycles. The Kier molecular flexibility index (Phi) is 5.40. The summed E-state index contributed by atoms with van der Waals surface area (Å²) in [7, 11) is 0. The maximum absolute atomic E-state index is 12.8. The van der Waals surface area contributed by atoms with Crippen molar-refractivity contribution in [3.63, 3.8) is 0 Å². The van der Waals surface area contributed by atoms with Gasteiger partial charge in [0.05, 0.1) is 18.3 Å². The van der Waals surface area contributed by atoms with Crippen molar-refractivity contribution in [1.82, 2.24) is 0 Å². The highest BCUT2D eigenvalue weighted by Gasteiger charge is 2.73. The predicted molar refractivity (Wildman–Crippen MR) is 135 cm³/mol. The molecule has 0 heterocycles. The third kappa shape index (κ3) is 2.95. The first-order chi connectivity index (χ1) is 16.0. The van der Waals surface area contributed by atoms with Crippen LogP contribution in [0.2, 0.25) is 0 Å². The zero-order valence-electron chi connectivity index (χ0n) is 22.9. The number of aliphatic hydroxyl groups excluding tert-OH is 3. The molecule has 4 fully saturated rings. The van der Waals surface area contributed by atoms with E-state index < -0.39 is 34.4 Å². The van der Waals surface area contributed by atoms with Gasteiger partial charge >= 0.3 is 5.97 Å². The van der Waals surface area contributed by atoms with Crippen LogP contribution in [0.5, 0.6) is 0 Å². The van der Waals surface area contributed by atoms with Gasteiger partial charge in [0.25, 0.3) is 0 Å². The van der Waals surface area contributed by atoms with E-state index in [4.69, 9.17) is 0 Å². The first kappa shape index (κ1) is 25.7. The summed E-state index contributed by atoms with van der Waals surface area (Å²) in [5.74, 6) is -0.645. The summed E-state index contributed by atoms with van der Waals surface area (Å²) < 4.78 is 0. The second-order valence-corrected chi connectivity index (χ2v) is 15.2. The van der Waals surface area contributed by atoms with Gasteiger partial charge in [-0.2, -0.15) is 0 Å². The van der Waals surface area contributed by atoms with Crippen molar-refractivity contribution in [1.29, 1.82) is 0 Å². The molecule has 0 amide bonds. The number of aliphatic hydroxyl groups is 3. The van der Waals surface area contributed by atoms with E-state index in [1.807, 2.05) is 0 Å². The Morgan fingerprint density at radius 3 is 2.14 bits per heavy atom. The van der Waals surface area contributed by atoms with Crippen LogP contribution < -0.4 is 0 Å². The Morgan fingerprint density at radius 2 is 1.51 bits per heavy atom. The van der Waals surface area contributed by atoms with Gasteiger partial charge in [0, 0.05) is 5.41 Å². The van der Waals surface area contributed by atoms with Crippen LogP contribution in [0.25, 0.3) is 0 Å². The van der Waals surface area contributed by atoms with Crippen LogP contribution in [-0.4, -0.2) is 44.7 Å². The van der Waals surface area contributed by atoms with Gasteiger partial charge in [0.2, 0.25) is 0 Å². The summed E-state index contributed by atoms with van der Waals surface area (Å²) in [5, 5.41) is 45.1. The number of rotatable bonds is 1. The Labute approximate surface area is 211 Å². The molecule has 5 heteroatoms. The molecular weight excluding hydrogens is 440 g/mol. The van der Waals surface area contributed by atoms with E-state index in [9.17, 15) is 25.2 Å². The lowest BCUT2D eigenvalue weighted by molar-refractivity contribution is -0.253. The number of hydrogen-bond donors (Lipinski definition) is 4. The smallest absolute Gasteiger partial charge is 0.312 e. The van der Waals surface area contributed by atoms with Crippen LogP contribution in [0.3, 0.4) is 0 Å². The second-order valence-electron chi connectivity index (χ2n) is 15.2. The van der Waals surface area contributed by atoms with Crippen LogP contribution >= 0.6 is 0 Å². The van der Waals surface area contributed by atoms with E-state index in [1.165, 1.54) is 5.57 Å². The molecule has 5 nitrogen and oxygen atoms in total. The quantitative estimate of drug-likeness (QED) is 0.382. The number of carboxylic acids is 1. The van der Waals surface area contributed by atoms with Gasteiger partial charge in [-0.1, -0.05) is 60.1 Å². The fraction of sp³-hybridized carbons (Fsp3) is 0.900. The van der Waals surface area contributed by atoms with E-state index in [0.717, 1.165) is 32.1 Å². The average molecular weight is 489 g/mol. The molecule has 198 valence electrons. The summed E-state index contributed by atoms with van der Waals surface area (Å²) in [4.78, 5) is 12.8. The van der Waals surface area contributed by atoms with Crippen LogP contribution in [0.4, 0.5) is 0 Å². The fourth-order valence-corrected chi connectivity index (χ4v) is 10.7. The third-order valence-corrected chi connectivity index (χ3v) is 13.1. The summed E-state index contributed by atoms with van der Waals surface area (Å²) in [6.07, 6.45) is 6.13. The molecule has 0 bridgehead atoms. The Bertz CT molecular complexity index is 952. The molecule has 0 aromatic heterocycles. The topological polar surface area (TPSA) is 98.0 Å². The molecule has 10 atom stereocenters. The molecule has 5 aliphatic rings. The van der Waals surface area contributed by atoms with Crippen LogP contribution in [0.1, 0.15) is 99.8 Å². The van der Waals surface area contributed by atoms with Crippen LogP contribution in [0.15, 0.2) is 11.6 Å². The predicted octanol–water partition coefficient (Wildman–Crippen LogP) is 5.18. The first-order valence-corrected chi connectivity index (χ1v) is 14.0. The molecule has 5 aliphatic carbocycles. The van der Waals surface area contributed by atoms with Gasteiger partial charge in [0.1, 0.15) is 5.41 Å². The average Bonchev–Trinajstić information content (AvgIpc) is 2.74. The third-order valence-electron chi connectivity index (χ3n) is 13.1. The lowest BCUT2D eigenvalue weighted by Crippen LogP contribution is -2.70. The molecule has 0 aromatic carbocycles. The van der Waals surface area contributed by atoms with E-state index >= 15 is 0 Å². The molecule has 35 heavy (non-hydrogen) atoms. The van der Waals surface area contributed by atoms with E-state index in [2.05, 4.69) is 54.5 Å². The molecule has 4 saturated carbocycles. The van der Waals surface area contributed by atoms with Crippen molar-refractivity contribution < 1.29 is 25.2 Å². The Balaban J connectivity index is 1.66. The number of aliphatic carboxylic acids is 1. The first-order valence-electron chi connectivity index (χ1n) is 14.0. The van der Waals surface area contributed by atoms with Gasteiger partial charge in [-0.15, -0.1) is 0 Å². The summed E-state index contributed by atoms with van der Waals surface area (Å²) in [6.45, 7) is 15.6. The minimum absolute atomic E-state index is 0.0198. The van der Waals surface area contributed by atoms with Gasteiger partial charge in [-0.3, -0.25) is 4.79 Å². The van der Waals surface area contributed by atoms with Crippen molar-refractivity contribution in [3.8, 4) is 0 Å². The van der Waals surface area contributed by atoms with Crippen molar-refractivity contribution in [2.75, 3.05) is 0 Å². The lowest BCUT2D eigenvalue weighted by Gasteiger charge is -2.72. The number of carboxylic acid groups (broad SMARTS) is 1. The highest BCUT2D eigenvalue weighted by Crippen LogP contribution is 2.75. The SMILES string of the molecule is CC1(C)CC[C@]2(C(=O)O)[C@H](O)C[C@]3(C)C(=CC[C@@H]4[C@@]5(C)CC[C@H](O)C(C)(C)[C@@H]5C[C@H](O)[C@]43C)[C@@H]2C1. The van der Waals surface area contributed by atoms with Crippen molar-refractivity contribution in [2.45, 2.75) is 118 Å². The zero-order chi connectivity index (χ0) is 26.0. The molecule has 4 N–H and O–H groups in total. The largest absolute Gasteiger partial charge is 0.481 e. The minimum Gasteiger partial charge on any atom is -0.481 e. The molecule has 0 spiro atoms. The lowest BCUT2D eigenvalue weighted by atomic mass is 9.32. The standard InChI is InChI=1S/C30H48O5/c1-25(2)12-13-30(24(34)35)18(15-25)17-8-9-19-27(5)11-10-21(31)26(3,4)20(27)14-22(32)29(19,7)28(17,6)16-23(30)33/h8,18-23,31-33H,9-16H2,1-7H3,(H,34,35)/t18-,19+,20-,21-,22-,23+,27+,28+,29-,30+/m0/s1. The van der Waals surface area contributed by atoms with Crippen LogP contribution in [-0.2, 0) is 4.79 Å². The maximum Gasteiger partial charge on any atom is 0.312 e. The molecule has 0 unspecified atom stereocenters. The van der Waals surface area contributed by atoms with E-state index in [1.54, 1.807) is 0 Å². The second kappa shape index (κ2) is 7.35. The molecule has 0 radical (unpaired) electrons. The van der Waals surface area contributed by atoms with Crippen molar-refractivity contribution in [3.05, 3.63) is 11.6 Å². The molecule has 0 aromatic rings. The maximum atomic E-state index is 12.8. The monoisotopic (exact) mass is 488 g/mol. The normalized spacial score (nSPS) is 54.4. The fourth-order valence-electron chi connectivity index (χ4n) is 10.7. The Morgan fingerprint density at radius 1 is 0.857 bits per heavy atom. The van der Waals surface area contributed by atoms with Gasteiger partial charge in [-0.25, -0.2) is 0 Å². The van der Waals surface area contributed by atoms with Crippen molar-refractivity contribution in [2.24, 2.45) is 50.2 Å². The number of carbonyl (C=O) groups is 1.